The first-order chi connectivity index (χ1) is 9.66. The Morgan fingerprint density at radius 2 is 1.95 bits per heavy atom. The molecular formula is C16H12ClNO2. The van der Waals surface area contributed by atoms with Crippen LogP contribution in [0.2, 0.25) is 5.02 Å². The second-order valence-electron chi connectivity index (χ2n) is 4.02. The lowest BCUT2D eigenvalue weighted by Gasteiger charge is -2.04. The van der Waals surface area contributed by atoms with Crippen LogP contribution >= 0.6 is 11.6 Å². The SMILES string of the molecule is O=C(O)c1cc(NCC#Cc2ccccc2)ccc1Cl. The number of halogens is 1. The van der Waals surface area contributed by atoms with Crippen LogP contribution in [0, 0.1) is 11.8 Å². The maximum atomic E-state index is 10.9. The van der Waals surface area contributed by atoms with Crippen LogP contribution in [-0.2, 0) is 0 Å². The topological polar surface area (TPSA) is 49.3 Å². The summed E-state index contributed by atoms with van der Waals surface area (Å²) in [5.41, 5.74) is 1.69. The number of hydrogen-bond acceptors (Lipinski definition) is 2. The molecule has 0 bridgehead atoms. The predicted octanol–water partition coefficient (Wildman–Crippen LogP) is 3.50. The highest BCUT2D eigenvalue weighted by atomic mass is 35.5. The summed E-state index contributed by atoms with van der Waals surface area (Å²) in [6, 6.07) is 14.4. The monoisotopic (exact) mass is 285 g/mol. The van der Waals surface area contributed by atoms with Crippen molar-refractivity contribution in [1.29, 1.82) is 0 Å². The average molecular weight is 286 g/mol. The molecule has 0 fully saturated rings. The van der Waals surface area contributed by atoms with E-state index in [1.54, 1.807) is 12.1 Å². The molecule has 2 aromatic rings. The number of hydrogen-bond donors (Lipinski definition) is 2. The van der Waals surface area contributed by atoms with E-state index < -0.39 is 5.97 Å². The molecule has 0 aliphatic carbocycles. The van der Waals surface area contributed by atoms with Gasteiger partial charge in [-0.15, -0.1) is 0 Å². The minimum Gasteiger partial charge on any atom is -0.478 e. The van der Waals surface area contributed by atoms with E-state index in [1.165, 1.54) is 6.07 Å². The Balaban J connectivity index is 2.00. The van der Waals surface area contributed by atoms with E-state index in [9.17, 15) is 4.79 Å². The van der Waals surface area contributed by atoms with Crippen LogP contribution in [0.25, 0.3) is 0 Å². The van der Waals surface area contributed by atoms with E-state index >= 15 is 0 Å². The number of carboxylic acids is 1. The van der Waals surface area contributed by atoms with Crippen molar-refractivity contribution in [2.24, 2.45) is 0 Å². The maximum Gasteiger partial charge on any atom is 0.337 e. The Labute approximate surface area is 122 Å². The fourth-order valence-corrected chi connectivity index (χ4v) is 1.81. The van der Waals surface area contributed by atoms with Gasteiger partial charge in [0.2, 0.25) is 0 Å². The largest absolute Gasteiger partial charge is 0.478 e. The molecule has 0 saturated heterocycles. The van der Waals surface area contributed by atoms with Gasteiger partial charge in [0.25, 0.3) is 0 Å². The zero-order chi connectivity index (χ0) is 14.4. The van der Waals surface area contributed by atoms with Gasteiger partial charge in [0.15, 0.2) is 0 Å². The third-order valence-electron chi connectivity index (χ3n) is 2.58. The van der Waals surface area contributed by atoms with E-state index in [4.69, 9.17) is 16.7 Å². The molecule has 0 radical (unpaired) electrons. The maximum absolute atomic E-state index is 10.9. The lowest BCUT2D eigenvalue weighted by molar-refractivity contribution is 0.0697. The molecule has 0 atom stereocenters. The zero-order valence-corrected chi connectivity index (χ0v) is 11.3. The van der Waals surface area contributed by atoms with Gasteiger partial charge in [-0.25, -0.2) is 4.79 Å². The first-order valence-corrected chi connectivity index (χ1v) is 6.35. The highest BCUT2D eigenvalue weighted by Gasteiger charge is 2.08. The van der Waals surface area contributed by atoms with Gasteiger partial charge in [-0.1, -0.05) is 41.6 Å². The van der Waals surface area contributed by atoms with E-state index in [1.807, 2.05) is 30.3 Å². The number of aromatic carboxylic acids is 1. The fraction of sp³-hybridized carbons (Fsp3) is 0.0625. The highest BCUT2D eigenvalue weighted by molar-refractivity contribution is 6.33. The van der Waals surface area contributed by atoms with Crippen molar-refractivity contribution in [3.8, 4) is 11.8 Å². The zero-order valence-electron chi connectivity index (χ0n) is 10.6. The van der Waals surface area contributed by atoms with Crippen molar-refractivity contribution in [2.45, 2.75) is 0 Å². The van der Waals surface area contributed by atoms with E-state index in [-0.39, 0.29) is 10.6 Å². The highest BCUT2D eigenvalue weighted by Crippen LogP contribution is 2.20. The molecule has 100 valence electrons. The molecular weight excluding hydrogens is 274 g/mol. The van der Waals surface area contributed by atoms with Crippen molar-refractivity contribution in [3.05, 3.63) is 64.7 Å². The van der Waals surface area contributed by atoms with E-state index in [2.05, 4.69) is 17.2 Å². The van der Waals surface area contributed by atoms with Crippen molar-refractivity contribution >= 4 is 23.3 Å². The second kappa shape index (κ2) is 6.65. The van der Waals surface area contributed by atoms with Crippen LogP contribution in [0.3, 0.4) is 0 Å². The number of carboxylic acid groups (broad SMARTS) is 1. The van der Waals surface area contributed by atoms with Gasteiger partial charge < -0.3 is 10.4 Å². The molecule has 2 rings (SSSR count). The van der Waals surface area contributed by atoms with Crippen LogP contribution in [0.5, 0.6) is 0 Å². The molecule has 0 aliphatic heterocycles. The quantitative estimate of drug-likeness (QED) is 0.849. The molecule has 2 N–H and O–H groups in total. The van der Waals surface area contributed by atoms with Crippen LogP contribution in [0.1, 0.15) is 15.9 Å². The second-order valence-corrected chi connectivity index (χ2v) is 4.43. The fourth-order valence-electron chi connectivity index (χ4n) is 1.61. The first kappa shape index (κ1) is 14.0. The average Bonchev–Trinajstić information content (AvgIpc) is 2.46. The summed E-state index contributed by atoms with van der Waals surface area (Å²) in [6.07, 6.45) is 0. The summed E-state index contributed by atoms with van der Waals surface area (Å²) in [5.74, 6) is 4.93. The standard InChI is InChI=1S/C16H12ClNO2/c17-15-9-8-13(11-14(15)16(19)20)18-10-4-7-12-5-2-1-3-6-12/h1-3,5-6,8-9,11,18H,10H2,(H,19,20). The van der Waals surface area contributed by atoms with E-state index in [0.29, 0.717) is 12.2 Å². The van der Waals surface area contributed by atoms with Crippen LogP contribution in [-0.4, -0.2) is 17.6 Å². The molecule has 20 heavy (non-hydrogen) atoms. The summed E-state index contributed by atoms with van der Waals surface area (Å²) >= 11 is 5.80. The molecule has 0 unspecified atom stereocenters. The van der Waals surface area contributed by atoms with Gasteiger partial charge in [-0.2, -0.15) is 0 Å². The molecule has 0 saturated carbocycles. The molecule has 0 aromatic heterocycles. The number of nitrogens with one attached hydrogen (secondary N) is 1. The summed E-state index contributed by atoms with van der Waals surface area (Å²) in [6.45, 7) is 0.426. The van der Waals surface area contributed by atoms with Crippen molar-refractivity contribution < 1.29 is 9.90 Å². The lowest BCUT2D eigenvalue weighted by atomic mass is 10.2. The van der Waals surface area contributed by atoms with Gasteiger partial charge >= 0.3 is 5.97 Å². The van der Waals surface area contributed by atoms with Gasteiger partial charge in [-0.3, -0.25) is 0 Å². The minimum atomic E-state index is -1.05. The first-order valence-electron chi connectivity index (χ1n) is 5.97. The summed E-state index contributed by atoms with van der Waals surface area (Å²) in [7, 11) is 0. The Morgan fingerprint density at radius 1 is 1.20 bits per heavy atom. The van der Waals surface area contributed by atoms with Gasteiger partial charge in [0.1, 0.15) is 0 Å². The van der Waals surface area contributed by atoms with Crippen LogP contribution < -0.4 is 5.32 Å². The summed E-state index contributed by atoms with van der Waals surface area (Å²) in [5, 5.41) is 12.2. The van der Waals surface area contributed by atoms with Crippen LogP contribution in [0.15, 0.2) is 48.5 Å². The van der Waals surface area contributed by atoms with Crippen molar-refractivity contribution in [3.63, 3.8) is 0 Å². The number of rotatable bonds is 3. The molecule has 0 amide bonds. The number of anilines is 1. The number of benzene rings is 2. The van der Waals surface area contributed by atoms with Crippen LogP contribution in [0.4, 0.5) is 5.69 Å². The Hall–Kier alpha value is -2.44. The Bertz CT molecular complexity index is 672. The summed E-state index contributed by atoms with van der Waals surface area (Å²) < 4.78 is 0. The lowest BCUT2D eigenvalue weighted by Crippen LogP contribution is -2.02. The van der Waals surface area contributed by atoms with Gasteiger partial charge in [0, 0.05) is 11.3 Å². The smallest absolute Gasteiger partial charge is 0.337 e. The molecule has 0 heterocycles. The summed E-state index contributed by atoms with van der Waals surface area (Å²) in [4.78, 5) is 10.9. The third-order valence-corrected chi connectivity index (χ3v) is 2.91. The Morgan fingerprint density at radius 3 is 2.65 bits per heavy atom. The predicted molar refractivity (Wildman–Crippen MR) is 80.2 cm³/mol. The van der Waals surface area contributed by atoms with Gasteiger partial charge in [0.05, 0.1) is 17.1 Å². The molecule has 4 heteroatoms. The normalized spacial score (nSPS) is 9.45. The molecule has 3 nitrogen and oxygen atoms in total. The van der Waals surface area contributed by atoms with Crippen molar-refractivity contribution in [1.82, 2.24) is 0 Å². The molecule has 2 aromatic carbocycles. The van der Waals surface area contributed by atoms with Crippen molar-refractivity contribution in [2.75, 3.05) is 11.9 Å². The number of carbonyl (C=O) groups is 1. The van der Waals surface area contributed by atoms with Gasteiger partial charge in [-0.05, 0) is 30.3 Å². The Kier molecular flexibility index (Phi) is 4.65. The third kappa shape index (κ3) is 3.78. The molecule has 0 spiro atoms. The van der Waals surface area contributed by atoms with E-state index in [0.717, 1.165) is 5.56 Å². The minimum absolute atomic E-state index is 0.0766. The molecule has 0 aliphatic rings.